The van der Waals surface area contributed by atoms with E-state index >= 15 is 0 Å². The van der Waals surface area contributed by atoms with Gasteiger partial charge >= 0.3 is 5.97 Å². The van der Waals surface area contributed by atoms with E-state index in [2.05, 4.69) is 4.72 Å². The van der Waals surface area contributed by atoms with Gasteiger partial charge in [-0.2, -0.15) is 0 Å². The molecule has 0 bridgehead atoms. The minimum atomic E-state index is -3.59. The van der Waals surface area contributed by atoms with Crippen molar-refractivity contribution in [3.8, 4) is 5.75 Å². The number of carbonyl (C=O) groups excluding carboxylic acids is 1. The molecule has 0 aliphatic carbocycles. The van der Waals surface area contributed by atoms with Gasteiger partial charge in [0.2, 0.25) is 10.0 Å². The van der Waals surface area contributed by atoms with Gasteiger partial charge < -0.3 is 9.47 Å². The lowest BCUT2D eigenvalue weighted by Gasteiger charge is -2.11. The van der Waals surface area contributed by atoms with E-state index in [0.717, 1.165) is 5.56 Å². The van der Waals surface area contributed by atoms with E-state index in [1.165, 1.54) is 24.3 Å². The Bertz CT molecular complexity index is 844. The van der Waals surface area contributed by atoms with Crippen LogP contribution < -0.4 is 9.46 Å². The maximum absolute atomic E-state index is 12.2. The van der Waals surface area contributed by atoms with E-state index in [-0.39, 0.29) is 23.1 Å². The second-order valence-electron chi connectivity index (χ2n) is 5.92. The van der Waals surface area contributed by atoms with Crippen molar-refractivity contribution in [1.29, 1.82) is 0 Å². The lowest BCUT2D eigenvalue weighted by atomic mass is 10.2. The third-order valence-corrected chi connectivity index (χ3v) is 5.10. The molecule has 0 saturated heterocycles. The summed E-state index contributed by atoms with van der Waals surface area (Å²) < 4.78 is 37.5. The van der Waals surface area contributed by atoms with E-state index in [9.17, 15) is 13.2 Å². The van der Waals surface area contributed by atoms with Crippen molar-refractivity contribution in [2.75, 3.05) is 6.61 Å². The molecule has 2 rings (SSSR count). The van der Waals surface area contributed by atoms with E-state index in [4.69, 9.17) is 9.47 Å². The van der Waals surface area contributed by atoms with E-state index in [1.54, 1.807) is 13.8 Å². The summed E-state index contributed by atoms with van der Waals surface area (Å²) in [6, 6.07) is 12.8. The number of carbonyl (C=O) groups is 1. The van der Waals surface area contributed by atoms with E-state index < -0.39 is 16.0 Å². The van der Waals surface area contributed by atoms with Crippen LogP contribution in [0.25, 0.3) is 0 Å². The van der Waals surface area contributed by atoms with Gasteiger partial charge in [0, 0.05) is 11.6 Å². The fourth-order valence-electron chi connectivity index (χ4n) is 2.29. The number of sulfonamides is 1. The summed E-state index contributed by atoms with van der Waals surface area (Å²) in [4.78, 5) is 12.3. The van der Waals surface area contributed by atoms with Crippen molar-refractivity contribution in [2.24, 2.45) is 0 Å². The van der Waals surface area contributed by atoms with Crippen LogP contribution in [-0.4, -0.2) is 27.0 Å². The van der Waals surface area contributed by atoms with Gasteiger partial charge in [-0.15, -0.1) is 0 Å². The molecule has 0 unspecified atom stereocenters. The molecule has 0 saturated carbocycles. The molecule has 6 nitrogen and oxygen atoms in total. The first-order chi connectivity index (χ1) is 12.3. The largest absolute Gasteiger partial charge is 0.493 e. The standard InChI is InChI=1S/C19H23NO5S/c1-4-24-18-8-6-5-7-16(18)13-25-19(21)15-9-11-17(12-10-15)26(22,23)20-14(2)3/h5-12,14,20H,4,13H2,1-3H3. The van der Waals surface area contributed by atoms with Crippen molar-refractivity contribution in [1.82, 2.24) is 4.72 Å². The second-order valence-corrected chi connectivity index (χ2v) is 7.63. The molecule has 0 fully saturated rings. The molecule has 2 aromatic rings. The molecule has 2 aromatic carbocycles. The summed E-state index contributed by atoms with van der Waals surface area (Å²) in [5.74, 6) is 0.140. The smallest absolute Gasteiger partial charge is 0.338 e. The third-order valence-electron chi connectivity index (χ3n) is 3.42. The number of hydrogen-bond donors (Lipinski definition) is 1. The Balaban J connectivity index is 2.05. The van der Waals surface area contributed by atoms with Crippen LogP contribution in [0.15, 0.2) is 53.4 Å². The lowest BCUT2D eigenvalue weighted by Crippen LogP contribution is -2.30. The van der Waals surface area contributed by atoms with Crippen LogP contribution in [0.1, 0.15) is 36.7 Å². The highest BCUT2D eigenvalue weighted by Gasteiger charge is 2.16. The molecule has 0 heterocycles. The van der Waals surface area contributed by atoms with Crippen LogP contribution in [0.3, 0.4) is 0 Å². The highest BCUT2D eigenvalue weighted by Crippen LogP contribution is 2.19. The molecule has 0 aliphatic heterocycles. The zero-order chi connectivity index (χ0) is 19.2. The first-order valence-corrected chi connectivity index (χ1v) is 9.82. The number of para-hydroxylation sites is 1. The van der Waals surface area contributed by atoms with Crippen LogP contribution in [0.4, 0.5) is 0 Å². The molecule has 0 aromatic heterocycles. The topological polar surface area (TPSA) is 81.7 Å². The van der Waals surface area contributed by atoms with Crippen LogP contribution >= 0.6 is 0 Å². The molecule has 1 N–H and O–H groups in total. The Morgan fingerprint density at radius 3 is 2.35 bits per heavy atom. The molecule has 0 aliphatic rings. The molecular weight excluding hydrogens is 354 g/mol. The number of hydrogen-bond acceptors (Lipinski definition) is 5. The maximum atomic E-state index is 12.2. The zero-order valence-corrected chi connectivity index (χ0v) is 15.9. The number of rotatable bonds is 8. The van der Waals surface area contributed by atoms with E-state index in [1.807, 2.05) is 31.2 Å². The number of benzene rings is 2. The maximum Gasteiger partial charge on any atom is 0.338 e. The number of nitrogens with one attached hydrogen (secondary N) is 1. The van der Waals surface area contributed by atoms with Gasteiger partial charge in [-0.05, 0) is 51.1 Å². The summed E-state index contributed by atoms with van der Waals surface area (Å²) >= 11 is 0. The van der Waals surface area contributed by atoms with Crippen LogP contribution in [0, 0.1) is 0 Å². The quantitative estimate of drug-likeness (QED) is 0.715. The van der Waals surface area contributed by atoms with Gasteiger partial charge in [0.05, 0.1) is 17.1 Å². The van der Waals surface area contributed by atoms with Crippen LogP contribution in [0.5, 0.6) is 5.75 Å². The average Bonchev–Trinajstić information content (AvgIpc) is 2.60. The molecule has 140 valence electrons. The summed E-state index contributed by atoms with van der Waals surface area (Å²) in [5, 5.41) is 0. The van der Waals surface area contributed by atoms with Crippen molar-refractivity contribution in [2.45, 2.75) is 38.3 Å². The lowest BCUT2D eigenvalue weighted by molar-refractivity contribution is 0.0469. The number of ether oxygens (including phenoxy) is 2. The van der Waals surface area contributed by atoms with Gasteiger partial charge in [0.15, 0.2) is 0 Å². The van der Waals surface area contributed by atoms with Gasteiger partial charge in [0.25, 0.3) is 0 Å². The fourth-order valence-corrected chi connectivity index (χ4v) is 3.55. The van der Waals surface area contributed by atoms with Gasteiger partial charge in [-0.3, -0.25) is 0 Å². The molecule has 0 atom stereocenters. The zero-order valence-electron chi connectivity index (χ0n) is 15.1. The van der Waals surface area contributed by atoms with Crippen molar-refractivity contribution in [3.63, 3.8) is 0 Å². The first-order valence-electron chi connectivity index (χ1n) is 8.33. The van der Waals surface area contributed by atoms with Gasteiger partial charge in [0.1, 0.15) is 12.4 Å². The summed E-state index contributed by atoms with van der Waals surface area (Å²) in [6.07, 6.45) is 0. The van der Waals surface area contributed by atoms with Crippen molar-refractivity contribution in [3.05, 3.63) is 59.7 Å². The SMILES string of the molecule is CCOc1ccccc1COC(=O)c1ccc(S(=O)(=O)NC(C)C)cc1. The highest BCUT2D eigenvalue weighted by molar-refractivity contribution is 7.89. The molecule has 0 radical (unpaired) electrons. The summed E-state index contributed by atoms with van der Waals surface area (Å²) in [5.41, 5.74) is 1.05. The molecule has 0 spiro atoms. The summed E-state index contributed by atoms with van der Waals surface area (Å²) in [6.45, 7) is 5.95. The monoisotopic (exact) mass is 377 g/mol. The molecular formula is C19H23NO5S. The first kappa shape index (κ1) is 19.9. The van der Waals surface area contributed by atoms with Crippen molar-refractivity contribution >= 4 is 16.0 Å². The second kappa shape index (κ2) is 8.82. The molecule has 7 heteroatoms. The van der Waals surface area contributed by atoms with Crippen LogP contribution in [0.2, 0.25) is 0 Å². The Morgan fingerprint density at radius 2 is 1.73 bits per heavy atom. The Hall–Kier alpha value is -2.38. The molecule has 0 amide bonds. The predicted molar refractivity (Wildman–Crippen MR) is 98.6 cm³/mol. The Morgan fingerprint density at radius 1 is 1.08 bits per heavy atom. The Kier molecular flexibility index (Phi) is 6.76. The minimum Gasteiger partial charge on any atom is -0.493 e. The van der Waals surface area contributed by atoms with Gasteiger partial charge in [-0.25, -0.2) is 17.9 Å². The predicted octanol–water partition coefficient (Wildman–Crippen LogP) is 3.13. The van der Waals surface area contributed by atoms with Gasteiger partial charge in [-0.1, -0.05) is 18.2 Å². The van der Waals surface area contributed by atoms with Crippen LogP contribution in [-0.2, 0) is 21.4 Å². The third kappa shape index (κ3) is 5.31. The van der Waals surface area contributed by atoms with Crippen molar-refractivity contribution < 1.29 is 22.7 Å². The Labute approximate surface area is 154 Å². The molecule has 26 heavy (non-hydrogen) atoms. The highest BCUT2D eigenvalue weighted by atomic mass is 32.2. The van der Waals surface area contributed by atoms with E-state index in [0.29, 0.717) is 12.4 Å². The number of esters is 1. The minimum absolute atomic E-state index is 0.0734. The summed E-state index contributed by atoms with van der Waals surface area (Å²) in [7, 11) is -3.59. The average molecular weight is 377 g/mol. The normalized spacial score (nSPS) is 11.4. The fraction of sp³-hybridized carbons (Fsp3) is 0.316.